The van der Waals surface area contributed by atoms with Gasteiger partial charge in [0.25, 0.3) is 0 Å². The van der Waals surface area contributed by atoms with Crippen molar-refractivity contribution in [3.05, 3.63) is 42.5 Å². The summed E-state index contributed by atoms with van der Waals surface area (Å²) in [6, 6.07) is 7.99. The third-order valence-electron chi connectivity index (χ3n) is 4.17. The van der Waals surface area contributed by atoms with Crippen molar-refractivity contribution in [2.45, 2.75) is 45.1 Å². The largest absolute Gasteiger partial charge is 0.335 e. The van der Waals surface area contributed by atoms with Gasteiger partial charge in [0.15, 0.2) is 0 Å². The predicted molar refractivity (Wildman–Crippen MR) is 87.3 cm³/mol. The van der Waals surface area contributed by atoms with Crippen LogP contribution in [-0.4, -0.2) is 21.6 Å². The van der Waals surface area contributed by atoms with Crippen molar-refractivity contribution in [1.29, 1.82) is 0 Å². The van der Waals surface area contributed by atoms with E-state index in [2.05, 4.69) is 15.6 Å². The number of imidazole rings is 1. The van der Waals surface area contributed by atoms with Gasteiger partial charge in [-0.05, 0) is 44.0 Å². The Morgan fingerprint density at radius 1 is 1.18 bits per heavy atom. The third kappa shape index (κ3) is 3.47. The summed E-state index contributed by atoms with van der Waals surface area (Å²) in [5, 5.41) is 5.95. The molecule has 5 heteroatoms. The monoisotopic (exact) mass is 298 g/mol. The van der Waals surface area contributed by atoms with Crippen molar-refractivity contribution < 1.29 is 4.79 Å². The second-order valence-corrected chi connectivity index (χ2v) is 5.82. The maximum atomic E-state index is 12.0. The van der Waals surface area contributed by atoms with Crippen LogP contribution in [0.5, 0.6) is 0 Å². The van der Waals surface area contributed by atoms with E-state index in [4.69, 9.17) is 0 Å². The Kier molecular flexibility index (Phi) is 4.42. The molecule has 0 spiro atoms. The summed E-state index contributed by atoms with van der Waals surface area (Å²) in [7, 11) is 0. The fraction of sp³-hybridized carbons (Fsp3) is 0.412. The first kappa shape index (κ1) is 14.6. The highest BCUT2D eigenvalue weighted by atomic mass is 16.2. The van der Waals surface area contributed by atoms with Gasteiger partial charge < -0.3 is 15.2 Å². The third-order valence-corrected chi connectivity index (χ3v) is 4.17. The molecule has 1 saturated carbocycles. The number of carbonyl (C=O) groups excluding carboxylic acids is 1. The summed E-state index contributed by atoms with van der Waals surface area (Å²) < 4.78 is 2.01. The van der Waals surface area contributed by atoms with Crippen molar-refractivity contribution in [1.82, 2.24) is 14.9 Å². The molecule has 1 aliphatic carbocycles. The molecule has 1 aliphatic rings. The van der Waals surface area contributed by atoms with Gasteiger partial charge in [0.2, 0.25) is 0 Å². The maximum absolute atomic E-state index is 12.0. The molecule has 3 rings (SSSR count). The summed E-state index contributed by atoms with van der Waals surface area (Å²) in [4.78, 5) is 16.2. The lowest BCUT2D eigenvalue weighted by molar-refractivity contribution is 0.244. The molecule has 22 heavy (non-hydrogen) atoms. The van der Waals surface area contributed by atoms with Gasteiger partial charge in [0.1, 0.15) is 5.82 Å². The molecule has 0 saturated heterocycles. The Labute approximate surface area is 130 Å². The first-order chi connectivity index (χ1) is 10.7. The summed E-state index contributed by atoms with van der Waals surface area (Å²) >= 11 is 0. The molecule has 2 amide bonds. The minimum atomic E-state index is -0.113. The van der Waals surface area contributed by atoms with Crippen molar-refractivity contribution in [3.8, 4) is 5.69 Å². The van der Waals surface area contributed by atoms with Crippen LogP contribution in [0.4, 0.5) is 10.5 Å². The number of carbonyl (C=O) groups is 1. The van der Waals surface area contributed by atoms with Gasteiger partial charge in [-0.1, -0.05) is 19.3 Å². The number of nitrogens with zero attached hydrogens (tertiary/aromatic N) is 2. The van der Waals surface area contributed by atoms with Crippen LogP contribution in [0.3, 0.4) is 0 Å². The number of rotatable bonds is 3. The minimum absolute atomic E-state index is 0.113. The fourth-order valence-electron chi connectivity index (χ4n) is 2.96. The molecule has 0 unspecified atom stereocenters. The molecule has 1 aromatic carbocycles. The van der Waals surface area contributed by atoms with E-state index >= 15 is 0 Å². The average molecular weight is 298 g/mol. The number of amides is 2. The zero-order valence-electron chi connectivity index (χ0n) is 12.9. The van der Waals surface area contributed by atoms with Crippen molar-refractivity contribution in [2.75, 3.05) is 5.32 Å². The van der Waals surface area contributed by atoms with Gasteiger partial charge >= 0.3 is 6.03 Å². The molecule has 0 atom stereocenters. The molecule has 1 fully saturated rings. The highest BCUT2D eigenvalue weighted by molar-refractivity contribution is 5.89. The average Bonchev–Trinajstić information content (AvgIpc) is 2.95. The molecule has 0 bridgehead atoms. The smallest absolute Gasteiger partial charge is 0.319 e. The molecule has 0 aliphatic heterocycles. The number of hydrogen-bond donors (Lipinski definition) is 2. The summed E-state index contributed by atoms with van der Waals surface area (Å²) in [6.07, 6.45) is 9.59. The van der Waals surface area contributed by atoms with E-state index in [-0.39, 0.29) is 6.03 Å². The predicted octanol–water partition coefficient (Wildman–Crippen LogP) is 3.63. The van der Waals surface area contributed by atoms with Crippen LogP contribution in [0.15, 0.2) is 36.7 Å². The number of benzene rings is 1. The van der Waals surface area contributed by atoms with Gasteiger partial charge in [-0.2, -0.15) is 0 Å². The molecule has 1 heterocycles. The van der Waals surface area contributed by atoms with E-state index in [1.165, 1.54) is 19.3 Å². The Bertz CT molecular complexity index is 626. The summed E-state index contributed by atoms with van der Waals surface area (Å²) in [5.74, 6) is 0.941. The highest BCUT2D eigenvalue weighted by Crippen LogP contribution is 2.18. The lowest BCUT2D eigenvalue weighted by Crippen LogP contribution is -2.38. The summed E-state index contributed by atoms with van der Waals surface area (Å²) in [6.45, 7) is 1.96. The maximum Gasteiger partial charge on any atom is 0.319 e. The van der Waals surface area contributed by atoms with Gasteiger partial charge in [-0.25, -0.2) is 9.78 Å². The minimum Gasteiger partial charge on any atom is -0.335 e. The van der Waals surface area contributed by atoms with Crippen LogP contribution in [-0.2, 0) is 0 Å². The fourth-order valence-corrected chi connectivity index (χ4v) is 2.96. The lowest BCUT2D eigenvalue weighted by atomic mass is 9.96. The second-order valence-electron chi connectivity index (χ2n) is 5.82. The van der Waals surface area contributed by atoms with E-state index in [1.807, 2.05) is 42.0 Å². The number of aryl methyl sites for hydroxylation is 1. The normalized spacial score (nSPS) is 15.5. The van der Waals surface area contributed by atoms with Crippen LogP contribution >= 0.6 is 0 Å². The van der Waals surface area contributed by atoms with E-state index in [1.54, 1.807) is 6.20 Å². The molecular weight excluding hydrogens is 276 g/mol. The quantitative estimate of drug-likeness (QED) is 0.909. The van der Waals surface area contributed by atoms with Crippen LogP contribution in [0.2, 0.25) is 0 Å². The Hall–Kier alpha value is -2.30. The van der Waals surface area contributed by atoms with Gasteiger partial charge in [0.05, 0.1) is 0 Å². The zero-order chi connectivity index (χ0) is 15.4. The Morgan fingerprint density at radius 3 is 2.55 bits per heavy atom. The Morgan fingerprint density at radius 2 is 1.91 bits per heavy atom. The molecule has 5 nitrogen and oxygen atoms in total. The van der Waals surface area contributed by atoms with Crippen molar-refractivity contribution in [3.63, 3.8) is 0 Å². The number of hydrogen-bond acceptors (Lipinski definition) is 2. The first-order valence-electron chi connectivity index (χ1n) is 7.90. The van der Waals surface area contributed by atoms with Gasteiger partial charge in [-0.3, -0.25) is 0 Å². The van der Waals surface area contributed by atoms with E-state index in [9.17, 15) is 4.79 Å². The van der Waals surface area contributed by atoms with Crippen molar-refractivity contribution in [2.24, 2.45) is 0 Å². The molecular formula is C17H22N4O. The molecule has 116 valence electrons. The van der Waals surface area contributed by atoms with Crippen molar-refractivity contribution >= 4 is 11.7 Å². The van der Waals surface area contributed by atoms with E-state index in [0.29, 0.717) is 6.04 Å². The van der Waals surface area contributed by atoms with Crippen LogP contribution in [0.1, 0.15) is 37.9 Å². The van der Waals surface area contributed by atoms with E-state index < -0.39 is 0 Å². The number of urea groups is 1. The SMILES string of the molecule is Cc1nccn1-c1ccc(NC(=O)NC2CCCCC2)cc1. The lowest BCUT2D eigenvalue weighted by Gasteiger charge is -2.22. The van der Waals surface area contributed by atoms with Crippen LogP contribution < -0.4 is 10.6 Å². The molecule has 0 radical (unpaired) electrons. The zero-order valence-corrected chi connectivity index (χ0v) is 12.9. The molecule has 1 aromatic heterocycles. The van der Waals surface area contributed by atoms with Crippen LogP contribution in [0, 0.1) is 6.92 Å². The van der Waals surface area contributed by atoms with Crippen LogP contribution in [0.25, 0.3) is 5.69 Å². The topological polar surface area (TPSA) is 59.0 Å². The number of anilines is 1. The molecule has 2 N–H and O–H groups in total. The highest BCUT2D eigenvalue weighted by Gasteiger charge is 2.15. The van der Waals surface area contributed by atoms with E-state index in [0.717, 1.165) is 30.0 Å². The summed E-state index contributed by atoms with van der Waals surface area (Å²) in [5.41, 5.74) is 1.84. The number of nitrogens with one attached hydrogen (secondary N) is 2. The number of aromatic nitrogens is 2. The first-order valence-corrected chi connectivity index (χ1v) is 7.90. The standard InChI is InChI=1S/C17H22N4O/c1-13-18-11-12-21(13)16-9-7-15(8-10-16)20-17(22)19-14-5-3-2-4-6-14/h7-12,14H,2-6H2,1H3,(H2,19,20,22). The second kappa shape index (κ2) is 6.64. The van der Waals surface area contributed by atoms with Gasteiger partial charge in [-0.15, -0.1) is 0 Å². The Balaban J connectivity index is 1.58. The molecule has 2 aromatic rings. The van der Waals surface area contributed by atoms with Gasteiger partial charge in [0, 0.05) is 29.8 Å².